The molecule has 5 heteroatoms. The summed E-state index contributed by atoms with van der Waals surface area (Å²) in [5.41, 5.74) is 5.97. The molecule has 0 heterocycles. The van der Waals surface area contributed by atoms with Crippen LogP contribution >= 0.6 is 11.6 Å². The number of carbonyl (C=O) groups excluding carboxylic acids is 1. The molecule has 0 atom stereocenters. The number of amides is 1. The minimum atomic E-state index is -0.821. The lowest BCUT2D eigenvalue weighted by atomic mass is 9.71. The van der Waals surface area contributed by atoms with E-state index in [4.69, 9.17) is 17.3 Å². The Morgan fingerprint density at radius 3 is 2.57 bits per heavy atom. The van der Waals surface area contributed by atoms with Crippen LogP contribution < -0.4 is 11.1 Å². The second-order valence-electron chi connectivity index (χ2n) is 6.80. The van der Waals surface area contributed by atoms with E-state index < -0.39 is 5.60 Å². The fourth-order valence-electron chi connectivity index (χ4n) is 2.63. The molecule has 116 valence electrons. The topological polar surface area (TPSA) is 75.3 Å². The first-order valence-electron chi connectivity index (χ1n) is 7.26. The van der Waals surface area contributed by atoms with E-state index in [0.29, 0.717) is 29.1 Å². The van der Waals surface area contributed by atoms with Gasteiger partial charge in [-0.3, -0.25) is 4.79 Å². The zero-order valence-electron chi connectivity index (χ0n) is 12.6. The Kier molecular flexibility index (Phi) is 4.49. The van der Waals surface area contributed by atoms with Crippen molar-refractivity contribution in [2.45, 2.75) is 45.1 Å². The Balaban J connectivity index is 1.97. The van der Waals surface area contributed by atoms with Gasteiger partial charge in [-0.25, -0.2) is 0 Å². The molecule has 1 aromatic carbocycles. The number of halogens is 1. The standard InChI is InChI=1S/C16H23ClN2O2/c1-15(2)5-7-16(21,8-6-15)10-19-14(20)12-9-11(17)3-4-13(12)18/h3-4,9,21H,5-8,10,18H2,1-2H3,(H,19,20). The first kappa shape index (κ1) is 16.1. The first-order valence-corrected chi connectivity index (χ1v) is 7.64. The molecule has 1 aliphatic carbocycles. The van der Waals surface area contributed by atoms with Crippen LogP contribution in [0.2, 0.25) is 5.02 Å². The molecule has 2 rings (SSSR count). The van der Waals surface area contributed by atoms with Crippen molar-refractivity contribution in [2.24, 2.45) is 5.41 Å². The van der Waals surface area contributed by atoms with Crippen LogP contribution in [0.15, 0.2) is 18.2 Å². The van der Waals surface area contributed by atoms with Gasteiger partial charge in [0, 0.05) is 17.3 Å². The van der Waals surface area contributed by atoms with Gasteiger partial charge in [-0.05, 0) is 49.3 Å². The minimum absolute atomic E-state index is 0.244. The number of nitrogens with two attached hydrogens (primary N) is 1. The quantitative estimate of drug-likeness (QED) is 0.751. The van der Waals surface area contributed by atoms with E-state index in [9.17, 15) is 9.90 Å². The number of nitrogens with one attached hydrogen (secondary N) is 1. The average molecular weight is 311 g/mol. The van der Waals surface area contributed by atoms with Gasteiger partial charge in [0.1, 0.15) is 0 Å². The lowest BCUT2D eigenvalue weighted by Crippen LogP contribution is -2.46. The van der Waals surface area contributed by atoms with Crippen molar-refractivity contribution >= 4 is 23.2 Å². The Bertz CT molecular complexity index is 533. The molecular weight excluding hydrogens is 288 g/mol. The number of carbonyl (C=O) groups is 1. The number of anilines is 1. The zero-order chi connectivity index (χ0) is 15.7. The summed E-state index contributed by atoms with van der Waals surface area (Å²) in [6.07, 6.45) is 3.31. The van der Waals surface area contributed by atoms with Gasteiger partial charge in [-0.15, -0.1) is 0 Å². The summed E-state index contributed by atoms with van der Waals surface area (Å²) in [4.78, 5) is 12.2. The number of nitrogen functional groups attached to an aromatic ring is 1. The highest BCUT2D eigenvalue weighted by Crippen LogP contribution is 2.39. The predicted molar refractivity (Wildman–Crippen MR) is 85.4 cm³/mol. The van der Waals surface area contributed by atoms with Crippen LogP contribution in [0.4, 0.5) is 5.69 Å². The molecule has 0 saturated heterocycles. The highest BCUT2D eigenvalue weighted by Gasteiger charge is 2.36. The SMILES string of the molecule is CC1(C)CCC(O)(CNC(=O)c2cc(Cl)ccc2N)CC1. The number of benzene rings is 1. The molecule has 0 spiro atoms. The molecule has 0 aliphatic heterocycles. The van der Waals surface area contributed by atoms with E-state index >= 15 is 0 Å². The summed E-state index contributed by atoms with van der Waals surface area (Å²) in [7, 11) is 0. The smallest absolute Gasteiger partial charge is 0.253 e. The van der Waals surface area contributed by atoms with Gasteiger partial charge in [0.05, 0.1) is 11.2 Å². The van der Waals surface area contributed by atoms with E-state index in [0.717, 1.165) is 12.8 Å². The van der Waals surface area contributed by atoms with Gasteiger partial charge in [0.25, 0.3) is 5.91 Å². The van der Waals surface area contributed by atoms with Crippen LogP contribution in [0.1, 0.15) is 49.9 Å². The maximum Gasteiger partial charge on any atom is 0.253 e. The monoisotopic (exact) mass is 310 g/mol. The third-order valence-electron chi connectivity index (χ3n) is 4.37. The Hall–Kier alpha value is -1.26. The molecule has 1 aliphatic rings. The number of hydrogen-bond acceptors (Lipinski definition) is 3. The van der Waals surface area contributed by atoms with Gasteiger partial charge in [0.2, 0.25) is 0 Å². The van der Waals surface area contributed by atoms with Crippen molar-refractivity contribution in [3.63, 3.8) is 0 Å². The largest absolute Gasteiger partial charge is 0.398 e. The van der Waals surface area contributed by atoms with E-state index in [1.54, 1.807) is 18.2 Å². The molecule has 0 unspecified atom stereocenters. The first-order chi connectivity index (χ1) is 9.71. The number of rotatable bonds is 3. The Labute approximate surface area is 130 Å². The second kappa shape index (κ2) is 5.85. The van der Waals surface area contributed by atoms with Crippen LogP contribution in [-0.4, -0.2) is 23.2 Å². The fraction of sp³-hybridized carbons (Fsp3) is 0.562. The van der Waals surface area contributed by atoms with Gasteiger partial charge in [-0.1, -0.05) is 25.4 Å². The van der Waals surface area contributed by atoms with Crippen molar-refractivity contribution in [3.8, 4) is 0 Å². The average Bonchev–Trinajstić information content (AvgIpc) is 2.43. The molecule has 21 heavy (non-hydrogen) atoms. The van der Waals surface area contributed by atoms with Crippen LogP contribution in [0.25, 0.3) is 0 Å². The Morgan fingerprint density at radius 2 is 1.95 bits per heavy atom. The number of hydrogen-bond donors (Lipinski definition) is 3. The van der Waals surface area contributed by atoms with Gasteiger partial charge in [0.15, 0.2) is 0 Å². The maximum absolute atomic E-state index is 12.2. The van der Waals surface area contributed by atoms with Gasteiger partial charge in [-0.2, -0.15) is 0 Å². The van der Waals surface area contributed by atoms with E-state index in [2.05, 4.69) is 19.2 Å². The number of aliphatic hydroxyl groups is 1. The van der Waals surface area contributed by atoms with Crippen molar-refractivity contribution < 1.29 is 9.90 Å². The van der Waals surface area contributed by atoms with E-state index in [1.807, 2.05) is 0 Å². The molecule has 1 saturated carbocycles. The summed E-state index contributed by atoms with van der Waals surface area (Å²) in [5.74, 6) is -0.298. The summed E-state index contributed by atoms with van der Waals surface area (Å²) in [6, 6.07) is 4.79. The summed E-state index contributed by atoms with van der Waals surface area (Å²) < 4.78 is 0. The van der Waals surface area contributed by atoms with Crippen LogP contribution in [0.3, 0.4) is 0 Å². The molecule has 1 amide bonds. The van der Waals surface area contributed by atoms with Crippen molar-refractivity contribution in [3.05, 3.63) is 28.8 Å². The zero-order valence-corrected chi connectivity index (χ0v) is 13.3. The summed E-state index contributed by atoms with van der Waals surface area (Å²) >= 11 is 5.88. The van der Waals surface area contributed by atoms with Gasteiger partial charge < -0.3 is 16.2 Å². The molecule has 4 N–H and O–H groups in total. The molecule has 0 bridgehead atoms. The Morgan fingerprint density at radius 1 is 1.33 bits per heavy atom. The van der Waals surface area contributed by atoms with E-state index in [-0.39, 0.29) is 17.9 Å². The van der Waals surface area contributed by atoms with Crippen molar-refractivity contribution in [2.75, 3.05) is 12.3 Å². The molecule has 4 nitrogen and oxygen atoms in total. The van der Waals surface area contributed by atoms with Crippen LogP contribution in [0, 0.1) is 5.41 Å². The molecule has 1 aromatic rings. The minimum Gasteiger partial charge on any atom is -0.398 e. The molecule has 1 fully saturated rings. The third-order valence-corrected chi connectivity index (χ3v) is 4.61. The van der Waals surface area contributed by atoms with Crippen molar-refractivity contribution in [1.82, 2.24) is 5.32 Å². The lowest BCUT2D eigenvalue weighted by Gasteiger charge is -2.40. The highest BCUT2D eigenvalue weighted by atomic mass is 35.5. The molecule has 0 radical (unpaired) electrons. The lowest BCUT2D eigenvalue weighted by molar-refractivity contribution is -0.0233. The highest BCUT2D eigenvalue weighted by molar-refractivity contribution is 6.31. The summed E-state index contributed by atoms with van der Waals surface area (Å²) in [5, 5.41) is 13.8. The predicted octanol–water partition coefficient (Wildman–Crippen LogP) is 2.98. The van der Waals surface area contributed by atoms with Crippen molar-refractivity contribution in [1.29, 1.82) is 0 Å². The van der Waals surface area contributed by atoms with Gasteiger partial charge >= 0.3 is 0 Å². The second-order valence-corrected chi connectivity index (χ2v) is 7.24. The van der Waals surface area contributed by atoms with Crippen LogP contribution in [0.5, 0.6) is 0 Å². The summed E-state index contributed by atoms with van der Waals surface area (Å²) in [6.45, 7) is 4.66. The van der Waals surface area contributed by atoms with E-state index in [1.165, 1.54) is 0 Å². The molecule has 0 aromatic heterocycles. The van der Waals surface area contributed by atoms with Crippen LogP contribution in [-0.2, 0) is 0 Å². The third kappa shape index (κ3) is 4.11. The fourth-order valence-corrected chi connectivity index (χ4v) is 2.81. The maximum atomic E-state index is 12.2. The normalized spacial score (nSPS) is 20.0. The molecular formula is C16H23ClN2O2.